The van der Waals surface area contributed by atoms with Crippen molar-refractivity contribution in [2.75, 3.05) is 0 Å². The van der Waals surface area contributed by atoms with Gasteiger partial charge in [0.15, 0.2) is 0 Å². The molecule has 0 saturated heterocycles. The molecule has 0 radical (unpaired) electrons. The van der Waals surface area contributed by atoms with Gasteiger partial charge < -0.3 is 0 Å². The highest BCUT2D eigenvalue weighted by molar-refractivity contribution is 5.02. The van der Waals surface area contributed by atoms with Crippen LogP contribution >= 0.6 is 0 Å². The molecule has 0 nitrogen and oxygen atoms in total. The fourth-order valence-corrected chi connectivity index (χ4v) is 2.72. The molecule has 0 bridgehead atoms. The number of allylic oxidation sites excluding steroid dienone is 3. The number of hydrogen-bond donors (Lipinski definition) is 0. The maximum atomic E-state index is 4.06. The molecule has 0 spiro atoms. The van der Waals surface area contributed by atoms with E-state index < -0.39 is 0 Å². The minimum atomic E-state index is 0.321. The lowest BCUT2D eigenvalue weighted by Crippen LogP contribution is -2.34. The fraction of sp³-hybridized carbons (Fsp3) is 0.765. The molecular weight excluding hydrogens is 204 g/mol. The third kappa shape index (κ3) is 4.33. The van der Waals surface area contributed by atoms with Crippen LogP contribution in [0, 0.1) is 23.2 Å². The second-order valence-corrected chi connectivity index (χ2v) is 6.21. The van der Waals surface area contributed by atoms with Gasteiger partial charge in [0, 0.05) is 0 Å². The van der Waals surface area contributed by atoms with Crippen LogP contribution in [0.15, 0.2) is 24.3 Å². The molecule has 100 valence electrons. The van der Waals surface area contributed by atoms with E-state index in [9.17, 15) is 0 Å². The van der Waals surface area contributed by atoms with E-state index >= 15 is 0 Å². The summed E-state index contributed by atoms with van der Waals surface area (Å²) in [4.78, 5) is 0. The van der Waals surface area contributed by atoms with Gasteiger partial charge in [-0.3, -0.25) is 0 Å². The molecule has 3 unspecified atom stereocenters. The third-order valence-electron chi connectivity index (χ3n) is 4.76. The monoisotopic (exact) mass is 236 g/mol. The SMILES string of the molecule is C=CC(C(C)CC)C(C)(C)C(C)CC(C)=CC. The van der Waals surface area contributed by atoms with Crippen LogP contribution in [0.2, 0.25) is 0 Å². The summed E-state index contributed by atoms with van der Waals surface area (Å²) in [7, 11) is 0. The van der Waals surface area contributed by atoms with E-state index in [0.717, 1.165) is 5.92 Å². The van der Waals surface area contributed by atoms with E-state index in [4.69, 9.17) is 0 Å². The second-order valence-electron chi connectivity index (χ2n) is 6.21. The lowest BCUT2D eigenvalue weighted by Gasteiger charge is -2.41. The Kier molecular flexibility index (Phi) is 6.82. The summed E-state index contributed by atoms with van der Waals surface area (Å²) >= 11 is 0. The molecule has 0 N–H and O–H groups in total. The van der Waals surface area contributed by atoms with Crippen molar-refractivity contribution < 1.29 is 0 Å². The summed E-state index contributed by atoms with van der Waals surface area (Å²) in [5.74, 6) is 2.01. The molecule has 0 aliphatic rings. The van der Waals surface area contributed by atoms with Gasteiger partial charge in [-0.25, -0.2) is 0 Å². The Morgan fingerprint density at radius 3 is 2.18 bits per heavy atom. The normalized spacial score (nSPS) is 18.6. The Bertz CT molecular complexity index is 257. The minimum absolute atomic E-state index is 0.321. The van der Waals surface area contributed by atoms with Crippen LogP contribution < -0.4 is 0 Å². The third-order valence-corrected chi connectivity index (χ3v) is 4.76. The molecular formula is C17H32. The Labute approximate surface area is 109 Å². The molecule has 0 heterocycles. The Hall–Kier alpha value is -0.520. The second kappa shape index (κ2) is 7.03. The predicted molar refractivity (Wildman–Crippen MR) is 80.1 cm³/mol. The maximum absolute atomic E-state index is 4.06. The van der Waals surface area contributed by atoms with Crippen LogP contribution in [-0.2, 0) is 0 Å². The van der Waals surface area contributed by atoms with Gasteiger partial charge in [0.25, 0.3) is 0 Å². The van der Waals surface area contributed by atoms with Crippen molar-refractivity contribution in [3.05, 3.63) is 24.3 Å². The largest absolute Gasteiger partial charge is 0.103 e. The summed E-state index contributed by atoms with van der Waals surface area (Å²) in [5.41, 5.74) is 1.82. The van der Waals surface area contributed by atoms with Crippen molar-refractivity contribution >= 4 is 0 Å². The summed E-state index contributed by atoms with van der Waals surface area (Å²) in [6.07, 6.45) is 6.84. The molecule has 0 aromatic carbocycles. The molecule has 0 saturated carbocycles. The van der Waals surface area contributed by atoms with E-state index in [1.165, 1.54) is 18.4 Å². The minimum Gasteiger partial charge on any atom is -0.103 e. The zero-order valence-corrected chi connectivity index (χ0v) is 13.0. The zero-order chi connectivity index (χ0) is 13.6. The van der Waals surface area contributed by atoms with E-state index in [-0.39, 0.29) is 0 Å². The number of rotatable bonds is 7. The van der Waals surface area contributed by atoms with Crippen LogP contribution in [0.25, 0.3) is 0 Å². The van der Waals surface area contributed by atoms with Crippen molar-refractivity contribution in [2.45, 2.75) is 61.3 Å². The van der Waals surface area contributed by atoms with Gasteiger partial charge in [0.1, 0.15) is 0 Å². The van der Waals surface area contributed by atoms with Gasteiger partial charge in [-0.1, -0.05) is 58.8 Å². The molecule has 0 aromatic heterocycles. The van der Waals surface area contributed by atoms with E-state index in [1.54, 1.807) is 0 Å². The van der Waals surface area contributed by atoms with Crippen molar-refractivity contribution in [3.63, 3.8) is 0 Å². The standard InChI is InChI=1S/C17H32/c1-9-13(4)12-15(6)17(7,8)16(11-3)14(5)10-2/h9,11,14-16H,3,10,12H2,1-2,4-8H3. The van der Waals surface area contributed by atoms with Crippen LogP contribution in [0.5, 0.6) is 0 Å². The van der Waals surface area contributed by atoms with Gasteiger partial charge >= 0.3 is 0 Å². The number of hydrogen-bond acceptors (Lipinski definition) is 0. The van der Waals surface area contributed by atoms with E-state index in [1.807, 2.05) is 0 Å². The predicted octanol–water partition coefficient (Wildman–Crippen LogP) is 5.85. The topological polar surface area (TPSA) is 0 Å². The van der Waals surface area contributed by atoms with Gasteiger partial charge in [-0.05, 0) is 43.4 Å². The smallest absolute Gasteiger partial charge is 0.0157 e. The highest BCUT2D eigenvalue weighted by Gasteiger charge is 2.35. The van der Waals surface area contributed by atoms with Crippen molar-refractivity contribution in [2.24, 2.45) is 23.2 Å². The highest BCUT2D eigenvalue weighted by Crippen LogP contribution is 2.43. The molecule has 0 fully saturated rings. The van der Waals surface area contributed by atoms with Gasteiger partial charge in [0.05, 0.1) is 0 Å². The van der Waals surface area contributed by atoms with Gasteiger partial charge in [-0.15, -0.1) is 6.58 Å². The summed E-state index contributed by atoms with van der Waals surface area (Å²) in [6.45, 7) is 20.2. The molecule has 0 aromatic rings. The lowest BCUT2D eigenvalue weighted by molar-refractivity contribution is 0.115. The Morgan fingerprint density at radius 2 is 1.82 bits per heavy atom. The zero-order valence-electron chi connectivity index (χ0n) is 13.0. The van der Waals surface area contributed by atoms with Crippen LogP contribution in [0.3, 0.4) is 0 Å². The highest BCUT2D eigenvalue weighted by atomic mass is 14.4. The fourth-order valence-electron chi connectivity index (χ4n) is 2.72. The molecule has 3 atom stereocenters. The first-order valence-corrected chi connectivity index (χ1v) is 7.05. The van der Waals surface area contributed by atoms with Gasteiger partial charge in [-0.2, -0.15) is 0 Å². The lowest BCUT2D eigenvalue weighted by atomic mass is 9.64. The maximum Gasteiger partial charge on any atom is -0.0157 e. The molecule has 17 heavy (non-hydrogen) atoms. The molecule has 0 aliphatic carbocycles. The summed E-state index contributed by atoms with van der Waals surface area (Å²) < 4.78 is 0. The summed E-state index contributed by atoms with van der Waals surface area (Å²) in [5, 5.41) is 0. The average molecular weight is 236 g/mol. The molecule has 0 aliphatic heterocycles. The van der Waals surface area contributed by atoms with Crippen molar-refractivity contribution in [1.82, 2.24) is 0 Å². The quantitative estimate of drug-likeness (QED) is 0.486. The van der Waals surface area contributed by atoms with Gasteiger partial charge in [0.2, 0.25) is 0 Å². The first-order valence-electron chi connectivity index (χ1n) is 7.05. The van der Waals surface area contributed by atoms with Crippen molar-refractivity contribution in [1.29, 1.82) is 0 Å². The molecule has 0 rings (SSSR count). The van der Waals surface area contributed by atoms with Crippen LogP contribution in [0.4, 0.5) is 0 Å². The molecule has 0 amide bonds. The summed E-state index contributed by atoms with van der Waals surface area (Å²) in [6, 6.07) is 0. The average Bonchev–Trinajstić information content (AvgIpc) is 2.28. The van der Waals surface area contributed by atoms with E-state index in [0.29, 0.717) is 17.3 Å². The van der Waals surface area contributed by atoms with E-state index in [2.05, 4.69) is 67.2 Å². The Balaban J connectivity index is 4.88. The van der Waals surface area contributed by atoms with Crippen LogP contribution in [-0.4, -0.2) is 0 Å². The van der Waals surface area contributed by atoms with Crippen molar-refractivity contribution in [3.8, 4) is 0 Å². The first-order chi connectivity index (χ1) is 7.81. The first kappa shape index (κ1) is 16.5. The van der Waals surface area contributed by atoms with Crippen LogP contribution in [0.1, 0.15) is 61.3 Å². The molecule has 0 heteroatoms. The Morgan fingerprint density at radius 1 is 1.29 bits per heavy atom.